The van der Waals surface area contributed by atoms with Crippen molar-refractivity contribution in [1.82, 2.24) is 0 Å². The third-order valence-electron chi connectivity index (χ3n) is 6.96. The summed E-state index contributed by atoms with van der Waals surface area (Å²) in [7, 11) is 0. The van der Waals surface area contributed by atoms with E-state index in [-0.39, 0.29) is 45.0 Å². The van der Waals surface area contributed by atoms with E-state index in [1.165, 1.54) is 0 Å². The molecule has 0 aromatic heterocycles. The first-order valence-corrected chi connectivity index (χ1v) is 14.3. The van der Waals surface area contributed by atoms with Gasteiger partial charge in [-0.25, -0.2) is 0 Å². The van der Waals surface area contributed by atoms with E-state index in [9.17, 15) is 19.3 Å². The lowest BCUT2D eigenvalue weighted by Gasteiger charge is -2.23. The molecule has 0 amide bonds. The molecule has 30 heavy (non-hydrogen) atoms. The van der Waals surface area contributed by atoms with Crippen LogP contribution < -0.4 is 0 Å². The van der Waals surface area contributed by atoms with E-state index in [0.717, 1.165) is 64.2 Å². The summed E-state index contributed by atoms with van der Waals surface area (Å²) in [6.45, 7) is 8.70. The summed E-state index contributed by atoms with van der Waals surface area (Å²) in [5.41, 5.74) is -0.0906. The summed E-state index contributed by atoms with van der Waals surface area (Å²) >= 11 is -1.67. The van der Waals surface area contributed by atoms with E-state index in [1.807, 2.05) is 0 Å². The van der Waals surface area contributed by atoms with E-state index in [1.54, 1.807) is 0 Å². The van der Waals surface area contributed by atoms with Gasteiger partial charge in [0.2, 0.25) is 0 Å². The van der Waals surface area contributed by atoms with Gasteiger partial charge in [0.05, 0.1) is 0 Å². The molecule has 6 atom stereocenters. The normalized spacial score (nSPS) is 33.1. The number of hydrogen-bond acceptors (Lipinski definition) is 4. The Morgan fingerprint density at radius 2 is 1.10 bits per heavy atom. The molecular formula is C24H44O4S2. The molecule has 6 heteroatoms. The average Bonchev–Trinajstić information content (AvgIpc) is 3.23. The Hall–Kier alpha value is 0.280. The Labute approximate surface area is 190 Å². The Morgan fingerprint density at radius 1 is 0.733 bits per heavy atom. The maximum atomic E-state index is 12.9. The molecule has 0 bridgehead atoms. The molecule has 0 saturated carbocycles. The highest BCUT2D eigenvalue weighted by molar-refractivity contribution is 7.93. The van der Waals surface area contributed by atoms with Crippen molar-refractivity contribution < 1.29 is 19.3 Å². The quantitative estimate of drug-likeness (QED) is 0.332. The van der Waals surface area contributed by atoms with E-state index in [0.29, 0.717) is 0 Å². The SMILES string of the molecule is CC(C)(CO)CCCC1CCC(C=CC2CCC(CCCC(C)(C)CO)[S+]2[O-])[S+]1[O-]. The minimum Gasteiger partial charge on any atom is -0.616 e. The summed E-state index contributed by atoms with van der Waals surface area (Å²) in [6, 6.07) is 0. The lowest BCUT2D eigenvalue weighted by Crippen LogP contribution is -2.25. The van der Waals surface area contributed by atoms with Gasteiger partial charge in [-0.15, -0.1) is 0 Å². The second-order valence-electron chi connectivity index (χ2n) is 10.9. The molecule has 0 aliphatic carbocycles. The highest BCUT2D eigenvalue weighted by Gasteiger charge is 2.40. The fraction of sp³-hybridized carbons (Fsp3) is 0.917. The molecular weight excluding hydrogens is 416 g/mol. The van der Waals surface area contributed by atoms with Gasteiger partial charge in [-0.3, -0.25) is 0 Å². The van der Waals surface area contributed by atoms with Crippen LogP contribution in [0.2, 0.25) is 0 Å². The predicted octanol–water partition coefficient (Wildman–Crippen LogP) is 4.48. The smallest absolute Gasteiger partial charge is 0.134 e. The minimum absolute atomic E-state index is 0.0453. The van der Waals surface area contributed by atoms with E-state index < -0.39 is 22.4 Å². The summed E-state index contributed by atoms with van der Waals surface area (Å²) < 4.78 is 25.7. The number of aliphatic hydroxyl groups is 2. The highest BCUT2D eigenvalue weighted by atomic mass is 32.2. The van der Waals surface area contributed by atoms with E-state index in [4.69, 9.17) is 0 Å². The second kappa shape index (κ2) is 11.9. The van der Waals surface area contributed by atoms with Crippen molar-refractivity contribution in [2.24, 2.45) is 10.8 Å². The van der Waals surface area contributed by atoms with E-state index >= 15 is 0 Å². The average molecular weight is 461 g/mol. The minimum atomic E-state index is -0.837. The molecule has 4 nitrogen and oxygen atoms in total. The summed E-state index contributed by atoms with van der Waals surface area (Å²) in [6.07, 6.45) is 14.1. The van der Waals surface area contributed by atoms with Gasteiger partial charge >= 0.3 is 0 Å². The van der Waals surface area contributed by atoms with Crippen LogP contribution >= 0.6 is 0 Å². The standard InChI is InChI=1S/C24H44O4S2/c1-23(2,17-25)15-5-7-19-9-11-21(29(19)27)13-14-22-12-10-20(30(22)28)8-6-16-24(3,4)18-26/h13-14,19-22,25-26H,5-12,15-18H2,1-4H3. The Kier molecular flexibility index (Phi) is 10.6. The van der Waals surface area contributed by atoms with Crippen molar-refractivity contribution in [3.05, 3.63) is 12.2 Å². The largest absolute Gasteiger partial charge is 0.616 e. The van der Waals surface area contributed by atoms with Gasteiger partial charge in [0.25, 0.3) is 0 Å². The number of hydrogen-bond donors (Lipinski definition) is 2. The first kappa shape index (κ1) is 26.5. The maximum absolute atomic E-state index is 12.9. The van der Waals surface area contributed by atoms with Gasteiger partial charge in [-0.05, 0) is 96.7 Å². The van der Waals surface area contributed by atoms with Gasteiger partial charge in [0.1, 0.15) is 21.0 Å². The van der Waals surface area contributed by atoms with Crippen LogP contribution in [0.3, 0.4) is 0 Å². The summed E-state index contributed by atoms with van der Waals surface area (Å²) in [4.78, 5) is 0. The molecule has 2 heterocycles. The fourth-order valence-corrected chi connectivity index (χ4v) is 8.30. The molecule has 6 unspecified atom stereocenters. The molecule has 2 aliphatic heterocycles. The second-order valence-corrected chi connectivity index (χ2v) is 14.8. The van der Waals surface area contributed by atoms with Crippen molar-refractivity contribution in [3.63, 3.8) is 0 Å². The zero-order valence-electron chi connectivity index (χ0n) is 19.5. The van der Waals surface area contributed by atoms with Crippen LogP contribution in [0, 0.1) is 10.8 Å². The van der Waals surface area contributed by atoms with Crippen LogP contribution in [0.25, 0.3) is 0 Å². The molecule has 2 saturated heterocycles. The van der Waals surface area contributed by atoms with Crippen LogP contribution in [0.5, 0.6) is 0 Å². The molecule has 0 aromatic rings. The molecule has 0 aromatic carbocycles. The van der Waals surface area contributed by atoms with Crippen LogP contribution in [0.1, 0.15) is 91.9 Å². The van der Waals surface area contributed by atoms with Gasteiger partial charge in [-0.2, -0.15) is 0 Å². The monoisotopic (exact) mass is 460 g/mol. The van der Waals surface area contributed by atoms with Crippen molar-refractivity contribution >= 4 is 22.4 Å². The van der Waals surface area contributed by atoms with Gasteiger partial charge in [0, 0.05) is 26.1 Å². The lowest BCUT2D eigenvalue weighted by atomic mass is 9.88. The zero-order chi connectivity index (χ0) is 22.4. The maximum Gasteiger partial charge on any atom is 0.134 e. The van der Waals surface area contributed by atoms with Crippen LogP contribution in [-0.2, 0) is 22.4 Å². The molecule has 0 radical (unpaired) electrons. The van der Waals surface area contributed by atoms with Gasteiger partial charge in [0.15, 0.2) is 0 Å². The van der Waals surface area contributed by atoms with Crippen molar-refractivity contribution in [2.75, 3.05) is 13.2 Å². The predicted molar refractivity (Wildman–Crippen MR) is 128 cm³/mol. The number of rotatable bonds is 12. The van der Waals surface area contributed by atoms with Crippen LogP contribution in [0.4, 0.5) is 0 Å². The van der Waals surface area contributed by atoms with Crippen molar-refractivity contribution in [3.8, 4) is 0 Å². The highest BCUT2D eigenvalue weighted by Crippen LogP contribution is 2.36. The van der Waals surface area contributed by atoms with Gasteiger partial charge < -0.3 is 19.3 Å². The Bertz CT molecular complexity index is 491. The van der Waals surface area contributed by atoms with Crippen molar-refractivity contribution in [2.45, 2.75) is 113 Å². The molecule has 2 aliphatic rings. The summed E-state index contributed by atoms with van der Waals surface area (Å²) in [5, 5.41) is 19.5. The first-order valence-electron chi connectivity index (χ1n) is 11.8. The summed E-state index contributed by atoms with van der Waals surface area (Å²) in [5.74, 6) is 0. The zero-order valence-corrected chi connectivity index (χ0v) is 21.1. The van der Waals surface area contributed by atoms with Crippen LogP contribution in [-0.4, -0.2) is 53.5 Å². The van der Waals surface area contributed by atoms with Crippen molar-refractivity contribution in [1.29, 1.82) is 0 Å². The first-order chi connectivity index (χ1) is 14.1. The molecule has 176 valence electrons. The molecule has 2 N–H and O–H groups in total. The molecule has 2 fully saturated rings. The fourth-order valence-electron chi connectivity index (χ4n) is 4.55. The lowest BCUT2D eigenvalue weighted by molar-refractivity contribution is 0.147. The third-order valence-corrected chi connectivity index (χ3v) is 11.2. The molecule has 2 rings (SSSR count). The molecule has 0 spiro atoms. The number of aliphatic hydroxyl groups excluding tert-OH is 2. The Morgan fingerprint density at radius 3 is 1.43 bits per heavy atom. The van der Waals surface area contributed by atoms with Crippen LogP contribution in [0.15, 0.2) is 12.2 Å². The topological polar surface area (TPSA) is 86.6 Å². The van der Waals surface area contributed by atoms with E-state index in [2.05, 4.69) is 39.8 Å². The third kappa shape index (κ3) is 8.00. The Balaban J connectivity index is 1.74. The van der Waals surface area contributed by atoms with Gasteiger partial charge in [-0.1, -0.05) is 27.7 Å².